The van der Waals surface area contributed by atoms with E-state index in [0.29, 0.717) is 11.8 Å². The third-order valence-corrected chi connectivity index (χ3v) is 1.03. The van der Waals surface area contributed by atoms with E-state index in [2.05, 4.69) is 20.3 Å². The van der Waals surface area contributed by atoms with E-state index >= 15 is 0 Å². The van der Waals surface area contributed by atoms with E-state index in [9.17, 15) is 0 Å². The molecule has 0 atom stereocenters. The van der Waals surface area contributed by atoms with Gasteiger partial charge in [-0.25, -0.2) is 10.5 Å². The number of anilines is 1. The molecule has 1 N–H and O–H groups in total. The molecule has 0 saturated carbocycles. The fourth-order valence-electron chi connectivity index (χ4n) is 0.596. The van der Waals surface area contributed by atoms with Gasteiger partial charge in [-0.2, -0.15) is 4.98 Å². The van der Waals surface area contributed by atoms with Crippen LogP contribution in [-0.4, -0.2) is 24.2 Å². The van der Waals surface area contributed by atoms with Crippen molar-refractivity contribution in [2.75, 3.05) is 19.7 Å². The van der Waals surface area contributed by atoms with Gasteiger partial charge >= 0.3 is 0 Å². The molecular weight excluding hydrogens is 146 g/mol. The Morgan fingerprint density at radius 1 is 1.45 bits per heavy atom. The first kappa shape index (κ1) is 7.74. The van der Waals surface area contributed by atoms with Crippen LogP contribution in [-0.2, 0) is 4.84 Å². The number of nitrogens with one attached hydrogen (secondary N) is 1. The predicted molar refractivity (Wildman–Crippen MR) is 39.2 cm³/mol. The molecule has 0 fully saturated rings. The molecule has 0 unspecified atom stereocenters. The quantitative estimate of drug-likeness (QED) is 0.642. The normalized spacial score (nSPS) is 9.27. The van der Waals surface area contributed by atoms with E-state index in [1.165, 1.54) is 7.11 Å². The summed E-state index contributed by atoms with van der Waals surface area (Å²) in [5.41, 5.74) is 2.48. The van der Waals surface area contributed by atoms with Crippen LogP contribution in [0.15, 0.2) is 12.3 Å². The SMILES string of the molecule is CONc1nccc(OC)n1. The zero-order chi connectivity index (χ0) is 8.10. The average Bonchev–Trinajstić information content (AvgIpc) is 2.06. The summed E-state index contributed by atoms with van der Waals surface area (Å²) in [6.45, 7) is 0. The van der Waals surface area contributed by atoms with Crippen molar-refractivity contribution in [3.05, 3.63) is 12.3 Å². The third-order valence-electron chi connectivity index (χ3n) is 1.03. The second-order valence-corrected chi connectivity index (χ2v) is 1.73. The molecule has 0 amide bonds. The van der Waals surface area contributed by atoms with E-state index < -0.39 is 0 Å². The lowest BCUT2D eigenvalue weighted by atomic mass is 10.6. The van der Waals surface area contributed by atoms with Crippen LogP contribution in [0.4, 0.5) is 5.95 Å². The minimum Gasteiger partial charge on any atom is -0.481 e. The Balaban J connectivity index is 2.74. The fraction of sp³-hybridized carbons (Fsp3) is 0.333. The number of nitrogens with zero attached hydrogens (tertiary/aromatic N) is 2. The molecule has 0 aliphatic heterocycles. The van der Waals surface area contributed by atoms with Crippen LogP contribution in [0.3, 0.4) is 0 Å². The maximum atomic E-state index is 4.85. The Hall–Kier alpha value is -1.36. The number of aromatic nitrogens is 2. The van der Waals surface area contributed by atoms with Crippen molar-refractivity contribution in [3.8, 4) is 5.88 Å². The van der Waals surface area contributed by atoms with Gasteiger partial charge in [-0.1, -0.05) is 0 Å². The Morgan fingerprint density at radius 2 is 2.27 bits per heavy atom. The molecule has 1 aromatic heterocycles. The molecule has 0 aliphatic carbocycles. The molecule has 11 heavy (non-hydrogen) atoms. The van der Waals surface area contributed by atoms with Crippen molar-refractivity contribution in [1.82, 2.24) is 9.97 Å². The first-order valence-electron chi connectivity index (χ1n) is 3.03. The molecule has 5 heteroatoms. The highest BCUT2D eigenvalue weighted by Gasteiger charge is 1.95. The summed E-state index contributed by atoms with van der Waals surface area (Å²) in [4.78, 5) is 12.4. The van der Waals surface area contributed by atoms with Gasteiger partial charge in [-0.05, 0) is 0 Å². The molecule has 0 radical (unpaired) electrons. The van der Waals surface area contributed by atoms with Gasteiger partial charge in [0, 0.05) is 12.3 Å². The van der Waals surface area contributed by atoms with E-state index in [-0.39, 0.29) is 0 Å². The predicted octanol–water partition coefficient (Wildman–Crippen LogP) is 0.458. The number of hydrogen-bond donors (Lipinski definition) is 1. The summed E-state index contributed by atoms with van der Waals surface area (Å²) in [5.74, 6) is 0.881. The lowest BCUT2D eigenvalue weighted by Gasteiger charge is -2.01. The second-order valence-electron chi connectivity index (χ2n) is 1.73. The summed E-state index contributed by atoms with van der Waals surface area (Å²) in [7, 11) is 3.03. The van der Waals surface area contributed by atoms with E-state index in [1.807, 2.05) is 0 Å². The largest absolute Gasteiger partial charge is 0.481 e. The molecule has 5 nitrogen and oxygen atoms in total. The van der Waals surface area contributed by atoms with Crippen LogP contribution < -0.4 is 10.2 Å². The van der Waals surface area contributed by atoms with E-state index in [1.54, 1.807) is 19.4 Å². The van der Waals surface area contributed by atoms with Gasteiger partial charge in [0.2, 0.25) is 11.8 Å². The number of hydrogen-bond acceptors (Lipinski definition) is 5. The van der Waals surface area contributed by atoms with Gasteiger partial charge in [-0.3, -0.25) is 4.84 Å². The first-order chi connectivity index (χ1) is 5.36. The molecule has 0 aromatic carbocycles. The second kappa shape index (κ2) is 3.72. The molecule has 0 spiro atoms. The Labute approximate surface area is 64.3 Å². The van der Waals surface area contributed by atoms with Gasteiger partial charge in [0.15, 0.2) is 0 Å². The van der Waals surface area contributed by atoms with Crippen molar-refractivity contribution >= 4 is 5.95 Å². The summed E-state index contributed by atoms with van der Waals surface area (Å²) in [6, 6.07) is 1.65. The van der Waals surface area contributed by atoms with Gasteiger partial charge in [-0.15, -0.1) is 0 Å². The Kier molecular flexibility index (Phi) is 2.62. The summed E-state index contributed by atoms with van der Waals surface area (Å²) in [6.07, 6.45) is 1.58. The highest BCUT2D eigenvalue weighted by atomic mass is 16.6. The molecular formula is C6H9N3O2. The lowest BCUT2D eigenvalue weighted by Crippen LogP contribution is -2.01. The smallest absolute Gasteiger partial charge is 0.250 e. The van der Waals surface area contributed by atoms with E-state index in [0.717, 1.165) is 0 Å². The highest BCUT2D eigenvalue weighted by Crippen LogP contribution is 2.06. The Morgan fingerprint density at radius 3 is 2.91 bits per heavy atom. The van der Waals surface area contributed by atoms with Crippen molar-refractivity contribution in [2.24, 2.45) is 0 Å². The molecule has 1 rings (SSSR count). The maximum Gasteiger partial charge on any atom is 0.250 e. The standard InChI is InChI=1S/C6H9N3O2/c1-10-5-3-4-7-6(8-5)9-11-2/h3-4H,1-2H3,(H,7,8,9). The van der Waals surface area contributed by atoms with Crippen LogP contribution in [0, 0.1) is 0 Å². The highest BCUT2D eigenvalue weighted by molar-refractivity contribution is 5.24. The van der Waals surface area contributed by atoms with Crippen molar-refractivity contribution < 1.29 is 9.57 Å². The minimum absolute atomic E-state index is 0.381. The number of rotatable bonds is 3. The summed E-state index contributed by atoms with van der Waals surface area (Å²) >= 11 is 0. The van der Waals surface area contributed by atoms with Crippen LogP contribution in [0.25, 0.3) is 0 Å². The van der Waals surface area contributed by atoms with Gasteiger partial charge in [0.1, 0.15) is 0 Å². The topological polar surface area (TPSA) is 56.3 Å². The molecule has 0 saturated heterocycles. The summed E-state index contributed by atoms with van der Waals surface area (Å²) in [5, 5.41) is 0. The minimum atomic E-state index is 0.381. The van der Waals surface area contributed by atoms with Crippen LogP contribution >= 0.6 is 0 Å². The van der Waals surface area contributed by atoms with Gasteiger partial charge in [0.25, 0.3) is 0 Å². The molecule has 0 bridgehead atoms. The molecule has 0 aliphatic rings. The van der Waals surface area contributed by atoms with Crippen LogP contribution in [0.2, 0.25) is 0 Å². The lowest BCUT2D eigenvalue weighted by molar-refractivity contribution is 0.266. The fourth-order valence-corrected chi connectivity index (χ4v) is 0.596. The monoisotopic (exact) mass is 155 g/mol. The zero-order valence-electron chi connectivity index (χ0n) is 6.37. The zero-order valence-corrected chi connectivity index (χ0v) is 6.37. The molecule has 60 valence electrons. The third kappa shape index (κ3) is 2.05. The van der Waals surface area contributed by atoms with Crippen molar-refractivity contribution in [3.63, 3.8) is 0 Å². The van der Waals surface area contributed by atoms with Gasteiger partial charge < -0.3 is 4.74 Å². The number of methoxy groups -OCH3 is 1. The first-order valence-corrected chi connectivity index (χ1v) is 3.03. The van der Waals surface area contributed by atoms with Gasteiger partial charge in [0.05, 0.1) is 14.2 Å². The van der Waals surface area contributed by atoms with Crippen LogP contribution in [0.5, 0.6) is 5.88 Å². The van der Waals surface area contributed by atoms with E-state index in [4.69, 9.17) is 4.74 Å². The van der Waals surface area contributed by atoms with Crippen LogP contribution in [0.1, 0.15) is 0 Å². The maximum absolute atomic E-state index is 4.85. The van der Waals surface area contributed by atoms with Crippen molar-refractivity contribution in [1.29, 1.82) is 0 Å². The Bertz CT molecular complexity index is 229. The molecule has 1 aromatic rings. The average molecular weight is 155 g/mol. The number of ether oxygens (including phenoxy) is 1. The van der Waals surface area contributed by atoms with Crippen molar-refractivity contribution in [2.45, 2.75) is 0 Å². The molecule has 1 heterocycles. The summed E-state index contributed by atoms with van der Waals surface area (Å²) < 4.78 is 4.85.